The summed E-state index contributed by atoms with van der Waals surface area (Å²) >= 11 is 1.47. The maximum atomic E-state index is 12.6. The molecule has 0 radical (unpaired) electrons. The molecule has 0 spiro atoms. The number of nitrogens with zero attached hydrogens (tertiary/aromatic N) is 4. The molecular weight excluding hydrogens is 402 g/mol. The Hall–Kier alpha value is -2.42. The summed E-state index contributed by atoms with van der Waals surface area (Å²) in [5.41, 5.74) is 0.995. The van der Waals surface area contributed by atoms with Crippen molar-refractivity contribution in [2.75, 3.05) is 37.0 Å². The smallest absolute Gasteiger partial charge is 0.230 e. The third-order valence-corrected chi connectivity index (χ3v) is 6.67. The fourth-order valence-corrected chi connectivity index (χ4v) is 4.79. The average molecular weight is 430 g/mol. The van der Waals surface area contributed by atoms with Crippen molar-refractivity contribution in [2.24, 2.45) is 0 Å². The molecule has 1 saturated carbocycles. The molecule has 1 atom stereocenters. The van der Waals surface area contributed by atoms with Crippen molar-refractivity contribution in [3.63, 3.8) is 0 Å². The molecular formula is C21H27N5O3S. The van der Waals surface area contributed by atoms with Gasteiger partial charge in [-0.2, -0.15) is 0 Å². The highest BCUT2D eigenvalue weighted by Gasteiger charge is 2.32. The first-order chi connectivity index (χ1) is 14.7. The van der Waals surface area contributed by atoms with E-state index < -0.39 is 0 Å². The second-order valence-electron chi connectivity index (χ2n) is 8.06. The third-order valence-electron chi connectivity index (χ3n) is 5.72. The highest BCUT2D eigenvalue weighted by atomic mass is 32.2. The van der Waals surface area contributed by atoms with Gasteiger partial charge in [0.05, 0.1) is 11.8 Å². The lowest BCUT2D eigenvalue weighted by Gasteiger charge is -2.21. The van der Waals surface area contributed by atoms with Crippen LogP contribution in [-0.4, -0.2) is 52.7 Å². The largest absolute Gasteiger partial charge is 0.486 e. The van der Waals surface area contributed by atoms with Crippen molar-refractivity contribution in [1.29, 1.82) is 0 Å². The summed E-state index contributed by atoms with van der Waals surface area (Å²) in [7, 11) is 0. The number of fused-ring (bicyclic) bond motifs is 1. The van der Waals surface area contributed by atoms with Gasteiger partial charge in [-0.15, -0.1) is 10.2 Å². The Bertz CT molecular complexity index is 923. The number of anilines is 1. The molecule has 9 heteroatoms. The summed E-state index contributed by atoms with van der Waals surface area (Å²) in [6.45, 7) is 5.19. The Morgan fingerprint density at radius 3 is 2.73 bits per heavy atom. The third kappa shape index (κ3) is 4.08. The highest BCUT2D eigenvalue weighted by Crippen LogP contribution is 2.41. The molecule has 3 heterocycles. The van der Waals surface area contributed by atoms with Gasteiger partial charge in [0.15, 0.2) is 16.7 Å². The van der Waals surface area contributed by atoms with Crippen LogP contribution in [0.15, 0.2) is 23.4 Å². The Morgan fingerprint density at radius 1 is 1.20 bits per heavy atom. The molecule has 2 aromatic rings. The summed E-state index contributed by atoms with van der Waals surface area (Å²) in [6.07, 6.45) is 4.75. The standard InChI is InChI=1S/C21H27N5O3S/c1-14(15-4-7-17-18(12-15)29-11-10-28-17)22-19(27)13-30-21-24-23-20(25-8-2-3-9-25)26(21)16-5-6-16/h4,7,12,14,16H,2-3,5-6,8-11,13H2,1H3,(H,22,27)/t14-/m1/s1. The van der Waals surface area contributed by atoms with E-state index in [0.29, 0.717) is 25.0 Å². The molecule has 1 saturated heterocycles. The zero-order chi connectivity index (χ0) is 20.5. The molecule has 8 nitrogen and oxygen atoms in total. The molecule has 1 aliphatic carbocycles. The molecule has 2 aliphatic heterocycles. The molecule has 0 unspecified atom stereocenters. The van der Waals surface area contributed by atoms with Gasteiger partial charge in [0.1, 0.15) is 13.2 Å². The van der Waals surface area contributed by atoms with Gasteiger partial charge >= 0.3 is 0 Å². The zero-order valence-electron chi connectivity index (χ0n) is 17.2. The number of carbonyl (C=O) groups is 1. The van der Waals surface area contributed by atoms with Crippen molar-refractivity contribution in [3.8, 4) is 11.5 Å². The number of rotatable bonds is 7. The Morgan fingerprint density at radius 2 is 1.97 bits per heavy atom. The molecule has 1 aromatic heterocycles. The van der Waals surface area contributed by atoms with Crippen LogP contribution in [0.1, 0.15) is 50.3 Å². The van der Waals surface area contributed by atoms with Gasteiger partial charge in [-0.05, 0) is 50.3 Å². The SMILES string of the molecule is C[C@@H](NC(=O)CSc1nnc(N2CCCC2)n1C1CC1)c1ccc2c(c1)OCCO2. The lowest BCUT2D eigenvalue weighted by Crippen LogP contribution is -2.28. The van der Waals surface area contributed by atoms with E-state index in [2.05, 4.69) is 25.0 Å². The molecule has 0 bridgehead atoms. The van der Waals surface area contributed by atoms with Gasteiger partial charge in [0, 0.05) is 19.1 Å². The second kappa shape index (κ2) is 8.37. The maximum Gasteiger partial charge on any atom is 0.230 e. The summed E-state index contributed by atoms with van der Waals surface area (Å²) in [5.74, 6) is 2.77. The number of amides is 1. The van der Waals surface area contributed by atoms with E-state index in [-0.39, 0.29) is 11.9 Å². The van der Waals surface area contributed by atoms with Crippen LogP contribution in [0.3, 0.4) is 0 Å². The Balaban J connectivity index is 1.20. The number of thioether (sulfide) groups is 1. The topological polar surface area (TPSA) is 81.5 Å². The van der Waals surface area contributed by atoms with E-state index in [0.717, 1.165) is 41.3 Å². The van der Waals surface area contributed by atoms with E-state index in [1.54, 1.807) is 0 Å². The summed E-state index contributed by atoms with van der Waals surface area (Å²) < 4.78 is 13.5. The number of hydrogen-bond acceptors (Lipinski definition) is 7. The number of hydrogen-bond donors (Lipinski definition) is 1. The van der Waals surface area contributed by atoms with E-state index in [1.807, 2.05) is 25.1 Å². The molecule has 2 fully saturated rings. The van der Waals surface area contributed by atoms with Crippen LogP contribution in [0.25, 0.3) is 0 Å². The number of ether oxygens (including phenoxy) is 2. The van der Waals surface area contributed by atoms with Crippen LogP contribution >= 0.6 is 11.8 Å². The van der Waals surface area contributed by atoms with E-state index in [4.69, 9.17) is 9.47 Å². The number of aromatic nitrogens is 3. The second-order valence-corrected chi connectivity index (χ2v) is 9.00. The minimum absolute atomic E-state index is 0.0181. The molecule has 1 aromatic carbocycles. The minimum atomic E-state index is -0.115. The van der Waals surface area contributed by atoms with Gasteiger partial charge < -0.3 is 19.7 Å². The number of benzene rings is 1. The van der Waals surface area contributed by atoms with Crippen LogP contribution in [-0.2, 0) is 4.79 Å². The first kappa shape index (κ1) is 19.5. The first-order valence-corrected chi connectivity index (χ1v) is 11.7. The van der Waals surface area contributed by atoms with Gasteiger partial charge in [0.2, 0.25) is 11.9 Å². The lowest BCUT2D eigenvalue weighted by molar-refractivity contribution is -0.119. The van der Waals surface area contributed by atoms with Crippen molar-refractivity contribution < 1.29 is 14.3 Å². The van der Waals surface area contributed by atoms with Gasteiger partial charge in [0.25, 0.3) is 0 Å². The Kier molecular flexibility index (Phi) is 5.45. The van der Waals surface area contributed by atoms with Crippen LogP contribution in [0, 0.1) is 0 Å². The van der Waals surface area contributed by atoms with Crippen LogP contribution in [0.4, 0.5) is 5.95 Å². The van der Waals surface area contributed by atoms with E-state index in [1.165, 1.54) is 37.4 Å². The molecule has 160 valence electrons. The predicted octanol–water partition coefficient (Wildman–Crippen LogP) is 2.95. The van der Waals surface area contributed by atoms with Gasteiger partial charge in [-0.25, -0.2) is 0 Å². The van der Waals surface area contributed by atoms with Crippen LogP contribution in [0.5, 0.6) is 11.5 Å². The summed E-state index contributed by atoms with van der Waals surface area (Å²) in [5, 5.41) is 12.8. The minimum Gasteiger partial charge on any atom is -0.486 e. The van der Waals surface area contributed by atoms with Crippen molar-refractivity contribution in [1.82, 2.24) is 20.1 Å². The van der Waals surface area contributed by atoms with Gasteiger partial charge in [-0.1, -0.05) is 17.8 Å². The molecule has 30 heavy (non-hydrogen) atoms. The molecule has 3 aliphatic rings. The van der Waals surface area contributed by atoms with Gasteiger partial charge in [-0.3, -0.25) is 9.36 Å². The number of nitrogens with one attached hydrogen (secondary N) is 1. The monoisotopic (exact) mass is 429 g/mol. The first-order valence-electron chi connectivity index (χ1n) is 10.7. The zero-order valence-corrected chi connectivity index (χ0v) is 18.0. The predicted molar refractivity (Wildman–Crippen MR) is 114 cm³/mol. The van der Waals surface area contributed by atoms with Crippen LogP contribution in [0.2, 0.25) is 0 Å². The molecule has 5 rings (SSSR count). The van der Waals surface area contributed by atoms with Crippen molar-refractivity contribution >= 4 is 23.6 Å². The van der Waals surface area contributed by atoms with Crippen LogP contribution < -0.4 is 19.7 Å². The fourth-order valence-electron chi connectivity index (χ4n) is 3.98. The molecule has 1 amide bonds. The quantitative estimate of drug-likeness (QED) is 0.678. The Labute approximate surface area is 180 Å². The van der Waals surface area contributed by atoms with E-state index >= 15 is 0 Å². The fraction of sp³-hybridized carbons (Fsp3) is 0.571. The normalized spacial score (nSPS) is 19.0. The lowest BCUT2D eigenvalue weighted by atomic mass is 10.1. The summed E-state index contributed by atoms with van der Waals surface area (Å²) in [4.78, 5) is 14.9. The summed E-state index contributed by atoms with van der Waals surface area (Å²) in [6, 6.07) is 6.18. The maximum absolute atomic E-state index is 12.6. The molecule has 1 N–H and O–H groups in total. The van der Waals surface area contributed by atoms with Crippen molar-refractivity contribution in [2.45, 2.75) is 49.8 Å². The number of carbonyl (C=O) groups excluding carboxylic acids is 1. The average Bonchev–Trinajstić information content (AvgIpc) is 3.28. The van der Waals surface area contributed by atoms with E-state index in [9.17, 15) is 4.79 Å². The van der Waals surface area contributed by atoms with Crippen molar-refractivity contribution in [3.05, 3.63) is 23.8 Å². The highest BCUT2D eigenvalue weighted by molar-refractivity contribution is 7.99.